The van der Waals surface area contributed by atoms with Gasteiger partial charge in [0, 0.05) is 26.2 Å². The topological polar surface area (TPSA) is 93.4 Å². The van der Waals surface area contributed by atoms with Crippen LogP contribution in [0.3, 0.4) is 0 Å². The molecule has 2 rings (SSSR count). The maximum Gasteiger partial charge on any atom is 0.308 e. The lowest BCUT2D eigenvalue weighted by Crippen LogP contribution is -2.45. The second-order valence-electron chi connectivity index (χ2n) is 6.35. The van der Waals surface area contributed by atoms with Crippen LogP contribution in [0.5, 0.6) is 0 Å². The largest absolute Gasteiger partial charge is 0.466 e. The maximum atomic E-state index is 11.8. The van der Waals surface area contributed by atoms with Crippen molar-refractivity contribution in [2.75, 3.05) is 20.2 Å². The Kier molecular flexibility index (Phi) is 8.21. The van der Waals surface area contributed by atoms with Gasteiger partial charge in [0.15, 0.2) is 5.96 Å². The summed E-state index contributed by atoms with van der Waals surface area (Å²) >= 11 is 0. The molecule has 140 valence electrons. The fourth-order valence-corrected chi connectivity index (χ4v) is 3.09. The molecule has 0 unspecified atom stereocenters. The number of nitrogens with zero attached hydrogens (tertiary/aromatic N) is 4. The van der Waals surface area contributed by atoms with Crippen LogP contribution in [0.2, 0.25) is 0 Å². The van der Waals surface area contributed by atoms with Crippen LogP contribution in [0, 0.1) is 5.92 Å². The minimum absolute atomic E-state index is 0.0449. The number of hydrogen-bond donors (Lipinski definition) is 2. The lowest BCUT2D eigenvalue weighted by Gasteiger charge is -2.29. The first-order valence-electron chi connectivity index (χ1n) is 9.19. The van der Waals surface area contributed by atoms with Crippen molar-refractivity contribution in [3.05, 3.63) is 12.7 Å². The number of carbonyl (C=O) groups excluding carboxylic acids is 1. The third-order valence-corrected chi connectivity index (χ3v) is 4.51. The summed E-state index contributed by atoms with van der Waals surface area (Å²) in [5.41, 5.74) is 0. The van der Waals surface area contributed by atoms with Crippen LogP contribution in [0.15, 0.2) is 17.6 Å². The highest BCUT2D eigenvalue weighted by atomic mass is 16.5. The third kappa shape index (κ3) is 6.72. The number of aryl methyl sites for hydroxylation is 1. The first-order chi connectivity index (χ1) is 12.2. The van der Waals surface area contributed by atoms with Gasteiger partial charge < -0.3 is 19.9 Å². The Labute approximate surface area is 149 Å². The smallest absolute Gasteiger partial charge is 0.308 e. The number of aliphatic imine (C=N–C) groups is 1. The summed E-state index contributed by atoms with van der Waals surface area (Å²) in [6, 6.07) is 0.369. The van der Waals surface area contributed by atoms with E-state index in [4.69, 9.17) is 4.74 Å². The van der Waals surface area contributed by atoms with E-state index in [-0.39, 0.29) is 11.9 Å². The molecule has 0 bridgehead atoms. The van der Waals surface area contributed by atoms with Crippen molar-refractivity contribution in [3.63, 3.8) is 0 Å². The third-order valence-electron chi connectivity index (χ3n) is 4.51. The van der Waals surface area contributed by atoms with Gasteiger partial charge in [-0.2, -0.15) is 0 Å². The quantitative estimate of drug-likeness (QED) is 0.318. The van der Waals surface area contributed by atoms with Gasteiger partial charge in [-0.25, -0.2) is 0 Å². The Morgan fingerprint density at radius 2 is 1.96 bits per heavy atom. The van der Waals surface area contributed by atoms with Crippen molar-refractivity contribution < 1.29 is 9.53 Å². The highest BCUT2D eigenvalue weighted by molar-refractivity contribution is 5.80. The van der Waals surface area contributed by atoms with Crippen molar-refractivity contribution in [1.29, 1.82) is 0 Å². The lowest BCUT2D eigenvalue weighted by molar-refractivity contribution is -0.149. The molecule has 1 aromatic heterocycles. The maximum absolute atomic E-state index is 11.8. The van der Waals surface area contributed by atoms with Crippen LogP contribution in [-0.4, -0.2) is 52.9 Å². The number of rotatable bonds is 8. The molecule has 0 aliphatic heterocycles. The van der Waals surface area contributed by atoms with E-state index in [9.17, 15) is 4.79 Å². The summed E-state index contributed by atoms with van der Waals surface area (Å²) in [5.74, 6) is 0.853. The summed E-state index contributed by atoms with van der Waals surface area (Å²) in [6.45, 7) is 4.12. The van der Waals surface area contributed by atoms with E-state index in [1.165, 1.54) is 0 Å². The predicted molar refractivity (Wildman–Crippen MR) is 96.1 cm³/mol. The number of ether oxygens (including phenoxy) is 1. The zero-order valence-electron chi connectivity index (χ0n) is 15.3. The van der Waals surface area contributed by atoms with E-state index < -0.39 is 0 Å². The van der Waals surface area contributed by atoms with E-state index in [2.05, 4.69) is 25.8 Å². The summed E-state index contributed by atoms with van der Waals surface area (Å²) in [4.78, 5) is 16.1. The second-order valence-corrected chi connectivity index (χ2v) is 6.35. The minimum Gasteiger partial charge on any atom is -0.466 e. The van der Waals surface area contributed by atoms with Gasteiger partial charge in [0.2, 0.25) is 0 Å². The van der Waals surface area contributed by atoms with Crippen LogP contribution in [0.4, 0.5) is 0 Å². The number of hydrogen-bond acceptors (Lipinski definition) is 5. The SMILES string of the molecule is CCOC(=O)C1CCC(NC(=NC)NCCCCn2cnnc2)CC1. The highest BCUT2D eigenvalue weighted by Crippen LogP contribution is 2.25. The first-order valence-corrected chi connectivity index (χ1v) is 9.19. The monoisotopic (exact) mass is 350 g/mol. The summed E-state index contributed by atoms with van der Waals surface area (Å²) < 4.78 is 7.10. The summed E-state index contributed by atoms with van der Waals surface area (Å²) in [6.07, 6.45) is 9.29. The van der Waals surface area contributed by atoms with Gasteiger partial charge in [-0.15, -0.1) is 10.2 Å². The fraction of sp³-hybridized carbons (Fsp3) is 0.765. The number of unbranched alkanes of at least 4 members (excludes halogenated alkanes) is 1. The van der Waals surface area contributed by atoms with E-state index >= 15 is 0 Å². The number of nitrogens with one attached hydrogen (secondary N) is 2. The molecule has 0 spiro atoms. The van der Waals surface area contributed by atoms with Crippen LogP contribution >= 0.6 is 0 Å². The van der Waals surface area contributed by atoms with Crippen molar-refractivity contribution in [3.8, 4) is 0 Å². The van der Waals surface area contributed by atoms with Gasteiger partial charge in [0.25, 0.3) is 0 Å². The van der Waals surface area contributed by atoms with Crippen molar-refractivity contribution in [2.45, 2.75) is 58.0 Å². The average Bonchev–Trinajstić information content (AvgIpc) is 3.14. The first kappa shape index (κ1) is 19.2. The molecule has 1 aliphatic carbocycles. The summed E-state index contributed by atoms with van der Waals surface area (Å²) in [5, 5.41) is 14.4. The molecular formula is C17H30N6O2. The predicted octanol–water partition coefficient (Wildman–Crippen LogP) is 1.35. The molecule has 1 saturated carbocycles. The highest BCUT2D eigenvalue weighted by Gasteiger charge is 2.27. The van der Waals surface area contributed by atoms with Gasteiger partial charge in [0.1, 0.15) is 12.7 Å². The molecular weight excluding hydrogens is 320 g/mol. The fourth-order valence-electron chi connectivity index (χ4n) is 3.09. The average molecular weight is 350 g/mol. The van der Waals surface area contributed by atoms with Gasteiger partial charge >= 0.3 is 5.97 Å². The Bertz CT molecular complexity index is 523. The molecule has 0 amide bonds. The van der Waals surface area contributed by atoms with E-state index in [0.29, 0.717) is 12.6 Å². The van der Waals surface area contributed by atoms with E-state index in [0.717, 1.165) is 57.6 Å². The standard InChI is InChI=1S/C17H30N6O2/c1-3-25-16(24)14-6-8-15(9-7-14)22-17(18-2)19-10-4-5-11-23-12-20-21-13-23/h12-15H,3-11H2,1-2H3,(H2,18,19,22). The molecule has 0 radical (unpaired) electrons. The number of guanidine groups is 1. The molecule has 1 aromatic rings. The molecule has 25 heavy (non-hydrogen) atoms. The van der Waals surface area contributed by atoms with Crippen molar-refractivity contribution in [1.82, 2.24) is 25.4 Å². The van der Waals surface area contributed by atoms with Crippen LogP contribution < -0.4 is 10.6 Å². The summed E-state index contributed by atoms with van der Waals surface area (Å²) in [7, 11) is 1.79. The molecule has 0 saturated heterocycles. The molecule has 2 N–H and O–H groups in total. The number of esters is 1. The van der Waals surface area contributed by atoms with Gasteiger partial charge in [-0.1, -0.05) is 0 Å². The Morgan fingerprint density at radius 1 is 1.24 bits per heavy atom. The van der Waals surface area contributed by atoms with Crippen LogP contribution in [0.25, 0.3) is 0 Å². The Hall–Kier alpha value is -2.12. The van der Waals surface area contributed by atoms with Crippen LogP contribution in [0.1, 0.15) is 45.4 Å². The normalized spacial score (nSPS) is 21.0. The Balaban J connectivity index is 1.59. The molecule has 1 heterocycles. The minimum atomic E-state index is -0.0449. The van der Waals surface area contributed by atoms with Gasteiger partial charge in [0.05, 0.1) is 12.5 Å². The zero-order valence-corrected chi connectivity index (χ0v) is 15.3. The molecule has 1 fully saturated rings. The van der Waals surface area contributed by atoms with Gasteiger partial charge in [-0.05, 0) is 45.4 Å². The second kappa shape index (κ2) is 10.7. The van der Waals surface area contributed by atoms with Gasteiger partial charge in [-0.3, -0.25) is 9.79 Å². The van der Waals surface area contributed by atoms with Crippen molar-refractivity contribution >= 4 is 11.9 Å². The molecule has 0 atom stereocenters. The molecule has 1 aliphatic rings. The number of aromatic nitrogens is 3. The zero-order chi connectivity index (χ0) is 17.9. The Morgan fingerprint density at radius 3 is 2.60 bits per heavy atom. The van der Waals surface area contributed by atoms with E-state index in [1.807, 2.05) is 11.5 Å². The van der Waals surface area contributed by atoms with Crippen LogP contribution in [-0.2, 0) is 16.1 Å². The van der Waals surface area contributed by atoms with Crippen molar-refractivity contribution in [2.24, 2.45) is 10.9 Å². The number of carbonyl (C=O) groups is 1. The molecule has 0 aromatic carbocycles. The molecule has 8 heteroatoms. The van der Waals surface area contributed by atoms with E-state index in [1.54, 1.807) is 19.7 Å². The molecule has 8 nitrogen and oxygen atoms in total. The lowest BCUT2D eigenvalue weighted by atomic mass is 9.86.